The Morgan fingerprint density at radius 1 is 1.28 bits per heavy atom. The van der Waals surface area contributed by atoms with E-state index in [1.807, 2.05) is 43.5 Å². The van der Waals surface area contributed by atoms with Crippen molar-refractivity contribution >= 4 is 22.9 Å². The Bertz CT molecular complexity index is 911. The molecule has 3 aromatic rings. The molecule has 0 unspecified atom stereocenters. The molecule has 0 fully saturated rings. The normalized spacial score (nSPS) is 10.7. The van der Waals surface area contributed by atoms with Crippen LogP contribution in [0, 0.1) is 20.8 Å². The van der Waals surface area contributed by atoms with Gasteiger partial charge in [0.2, 0.25) is 5.91 Å². The largest absolute Gasteiger partial charge is 0.497 e. The minimum Gasteiger partial charge on any atom is -0.497 e. The number of hydrogen-bond acceptors (Lipinski definition) is 4. The van der Waals surface area contributed by atoms with E-state index in [4.69, 9.17) is 4.74 Å². The zero-order chi connectivity index (χ0) is 18.0. The predicted octanol–water partition coefficient (Wildman–Crippen LogP) is 4.18. The van der Waals surface area contributed by atoms with E-state index in [9.17, 15) is 4.79 Å². The van der Waals surface area contributed by atoms with E-state index in [0.717, 1.165) is 33.3 Å². The van der Waals surface area contributed by atoms with Crippen LogP contribution in [0.3, 0.4) is 0 Å². The van der Waals surface area contributed by atoms with Crippen LogP contribution in [0.2, 0.25) is 0 Å². The van der Waals surface area contributed by atoms with Gasteiger partial charge in [0.15, 0.2) is 0 Å². The van der Waals surface area contributed by atoms with Crippen LogP contribution in [0.1, 0.15) is 16.4 Å². The van der Waals surface area contributed by atoms with Gasteiger partial charge in [-0.2, -0.15) is 0 Å². The van der Waals surface area contributed by atoms with E-state index in [-0.39, 0.29) is 12.5 Å². The van der Waals surface area contributed by atoms with Crippen molar-refractivity contribution in [2.24, 2.45) is 0 Å². The van der Waals surface area contributed by atoms with Gasteiger partial charge in [-0.25, -0.2) is 4.98 Å². The third kappa shape index (κ3) is 3.74. The Kier molecular flexibility index (Phi) is 4.90. The lowest BCUT2D eigenvalue weighted by molar-refractivity contribution is -0.116. The highest BCUT2D eigenvalue weighted by molar-refractivity contribution is 7.09. The van der Waals surface area contributed by atoms with Crippen molar-refractivity contribution in [3.63, 3.8) is 0 Å². The highest BCUT2D eigenvalue weighted by Crippen LogP contribution is 2.28. The van der Waals surface area contributed by atoms with E-state index in [1.165, 1.54) is 0 Å². The third-order valence-corrected chi connectivity index (χ3v) is 4.90. The number of ether oxygens (including phenoxy) is 1. The first-order valence-electron chi connectivity index (χ1n) is 8.01. The van der Waals surface area contributed by atoms with Crippen molar-refractivity contribution in [2.75, 3.05) is 12.4 Å². The zero-order valence-corrected chi connectivity index (χ0v) is 15.6. The molecule has 6 heteroatoms. The summed E-state index contributed by atoms with van der Waals surface area (Å²) in [5.41, 5.74) is 4.86. The molecule has 25 heavy (non-hydrogen) atoms. The van der Waals surface area contributed by atoms with Crippen LogP contribution < -0.4 is 10.1 Å². The van der Waals surface area contributed by atoms with Crippen molar-refractivity contribution in [2.45, 2.75) is 27.3 Å². The molecule has 0 aliphatic carbocycles. The Hall–Kier alpha value is -2.60. The lowest BCUT2D eigenvalue weighted by Gasteiger charge is -2.11. The summed E-state index contributed by atoms with van der Waals surface area (Å²) in [7, 11) is 1.61. The average Bonchev–Trinajstić information content (AvgIpc) is 3.13. The van der Waals surface area contributed by atoms with Crippen molar-refractivity contribution in [3.8, 4) is 17.0 Å². The van der Waals surface area contributed by atoms with Crippen LogP contribution in [0.4, 0.5) is 5.69 Å². The monoisotopic (exact) mass is 355 g/mol. The van der Waals surface area contributed by atoms with Crippen molar-refractivity contribution in [3.05, 3.63) is 52.1 Å². The van der Waals surface area contributed by atoms with E-state index < -0.39 is 0 Å². The number of benzene rings is 1. The Morgan fingerprint density at radius 2 is 2.08 bits per heavy atom. The van der Waals surface area contributed by atoms with Gasteiger partial charge in [-0.05, 0) is 39.0 Å². The number of rotatable bonds is 5. The highest BCUT2D eigenvalue weighted by atomic mass is 32.1. The zero-order valence-electron chi connectivity index (χ0n) is 14.8. The van der Waals surface area contributed by atoms with Gasteiger partial charge in [0.25, 0.3) is 0 Å². The molecule has 3 rings (SSSR count). The lowest BCUT2D eigenvalue weighted by Crippen LogP contribution is -2.20. The van der Waals surface area contributed by atoms with Crippen LogP contribution in [-0.2, 0) is 11.3 Å². The molecule has 2 aromatic heterocycles. The number of aromatic nitrogens is 2. The van der Waals surface area contributed by atoms with Crippen LogP contribution >= 0.6 is 11.3 Å². The summed E-state index contributed by atoms with van der Waals surface area (Å²) in [6.45, 7) is 6.29. The summed E-state index contributed by atoms with van der Waals surface area (Å²) < 4.78 is 7.20. The molecule has 130 valence electrons. The molecular weight excluding hydrogens is 334 g/mol. The second kappa shape index (κ2) is 7.11. The second-order valence-corrected chi connectivity index (χ2v) is 6.97. The Labute approximate surface area is 151 Å². The van der Waals surface area contributed by atoms with Gasteiger partial charge in [0, 0.05) is 34.1 Å². The van der Waals surface area contributed by atoms with Crippen LogP contribution in [0.5, 0.6) is 5.75 Å². The molecule has 1 amide bonds. The fourth-order valence-electron chi connectivity index (χ4n) is 2.84. The number of anilines is 1. The predicted molar refractivity (Wildman–Crippen MR) is 101 cm³/mol. The summed E-state index contributed by atoms with van der Waals surface area (Å²) in [6, 6.07) is 9.43. The molecule has 0 aliphatic heterocycles. The second-order valence-electron chi connectivity index (χ2n) is 5.90. The van der Waals surface area contributed by atoms with Gasteiger partial charge in [-0.15, -0.1) is 11.3 Å². The summed E-state index contributed by atoms with van der Waals surface area (Å²) in [4.78, 5) is 17.0. The summed E-state index contributed by atoms with van der Waals surface area (Å²) in [5, 5.41) is 6.01. The summed E-state index contributed by atoms with van der Waals surface area (Å²) in [6.07, 6.45) is 0. The molecule has 0 atom stereocenters. The first-order chi connectivity index (χ1) is 12.0. The smallest absolute Gasteiger partial charge is 0.244 e. The first-order valence-corrected chi connectivity index (χ1v) is 8.89. The van der Waals surface area contributed by atoms with Crippen LogP contribution in [-0.4, -0.2) is 22.6 Å². The number of carbonyl (C=O) groups is 1. The van der Waals surface area contributed by atoms with Crippen LogP contribution in [0.15, 0.2) is 35.7 Å². The van der Waals surface area contributed by atoms with E-state index in [1.54, 1.807) is 24.5 Å². The number of carbonyl (C=O) groups excluding carboxylic acids is 1. The van der Waals surface area contributed by atoms with Gasteiger partial charge in [0.05, 0.1) is 17.8 Å². The number of amides is 1. The first kappa shape index (κ1) is 17.2. The number of aryl methyl sites for hydroxylation is 2. The molecular formula is C19H21N3O2S. The minimum atomic E-state index is -0.0731. The lowest BCUT2D eigenvalue weighted by atomic mass is 10.2. The Morgan fingerprint density at radius 3 is 2.76 bits per heavy atom. The van der Waals surface area contributed by atoms with Gasteiger partial charge >= 0.3 is 0 Å². The maximum atomic E-state index is 12.4. The Balaban J connectivity index is 1.78. The molecule has 0 saturated heterocycles. The van der Waals surface area contributed by atoms with Crippen molar-refractivity contribution < 1.29 is 9.53 Å². The number of thiazole rings is 1. The van der Waals surface area contributed by atoms with E-state index >= 15 is 0 Å². The van der Waals surface area contributed by atoms with Gasteiger partial charge in [0.1, 0.15) is 12.3 Å². The maximum absolute atomic E-state index is 12.4. The number of nitrogens with one attached hydrogen (secondary N) is 1. The molecule has 0 saturated carbocycles. The fourth-order valence-corrected chi connectivity index (χ4v) is 3.45. The molecule has 1 aromatic carbocycles. The molecule has 2 heterocycles. The fraction of sp³-hybridized carbons (Fsp3) is 0.263. The summed E-state index contributed by atoms with van der Waals surface area (Å²) >= 11 is 1.63. The molecule has 1 N–H and O–H groups in total. The molecule has 0 radical (unpaired) electrons. The maximum Gasteiger partial charge on any atom is 0.244 e. The summed E-state index contributed by atoms with van der Waals surface area (Å²) in [5.74, 6) is 0.642. The van der Waals surface area contributed by atoms with E-state index in [2.05, 4.69) is 21.7 Å². The third-order valence-electron chi connectivity index (χ3n) is 4.12. The number of methoxy groups -OCH3 is 1. The average molecular weight is 355 g/mol. The number of nitrogens with zero attached hydrogens (tertiary/aromatic N) is 2. The number of hydrogen-bond donors (Lipinski definition) is 1. The molecule has 0 bridgehead atoms. The van der Waals surface area contributed by atoms with Gasteiger partial charge in [-0.3, -0.25) is 4.79 Å². The van der Waals surface area contributed by atoms with Gasteiger partial charge < -0.3 is 14.6 Å². The SMILES string of the molecule is COc1cccc(NC(=O)Cn2c(C)cc(-c3csc(C)n3)c2C)c1. The minimum absolute atomic E-state index is 0.0731. The standard InChI is InChI=1S/C19H21N3O2S/c1-12-8-17(18-11-25-14(3)20-18)13(2)22(12)10-19(23)21-15-6-5-7-16(9-15)24-4/h5-9,11H,10H2,1-4H3,(H,21,23). The van der Waals surface area contributed by atoms with E-state index in [0.29, 0.717) is 5.75 Å². The highest BCUT2D eigenvalue weighted by Gasteiger charge is 2.15. The molecule has 5 nitrogen and oxygen atoms in total. The van der Waals surface area contributed by atoms with Crippen molar-refractivity contribution in [1.82, 2.24) is 9.55 Å². The molecule has 0 spiro atoms. The molecule has 0 aliphatic rings. The topological polar surface area (TPSA) is 56.1 Å². The quantitative estimate of drug-likeness (QED) is 0.747. The van der Waals surface area contributed by atoms with Gasteiger partial charge in [-0.1, -0.05) is 6.07 Å². The van der Waals surface area contributed by atoms with Crippen LogP contribution in [0.25, 0.3) is 11.3 Å². The van der Waals surface area contributed by atoms with Crippen molar-refractivity contribution in [1.29, 1.82) is 0 Å².